The van der Waals surface area contributed by atoms with Crippen LogP contribution in [0.25, 0.3) is 6.08 Å². The molecule has 1 saturated heterocycles. The number of benzene rings is 2. The fraction of sp³-hybridized carbons (Fsp3) is 0.250. The molecule has 2 heterocycles. The molecule has 4 nitrogen and oxygen atoms in total. The van der Waals surface area contributed by atoms with E-state index in [9.17, 15) is 9.90 Å². The molecular weight excluding hydrogens is 373 g/mol. The van der Waals surface area contributed by atoms with E-state index in [0.29, 0.717) is 39.0 Å². The first-order valence-corrected chi connectivity index (χ1v) is 9.37. The van der Waals surface area contributed by atoms with E-state index in [4.69, 9.17) is 27.9 Å². The number of rotatable bonds is 3. The molecule has 2 aliphatic heterocycles. The summed E-state index contributed by atoms with van der Waals surface area (Å²) in [6.45, 7) is 2.77. The Labute approximate surface area is 161 Å². The SMILES string of the molecule is O=C1/C(=C/c2c(Cl)cccc2Cl)Oc2c1ccc(O)c2C[NH+]1CCCC1. The number of ketones is 1. The summed E-state index contributed by atoms with van der Waals surface area (Å²) in [4.78, 5) is 14.1. The van der Waals surface area contributed by atoms with Crippen molar-refractivity contribution in [3.8, 4) is 11.5 Å². The average molecular weight is 391 g/mol. The van der Waals surface area contributed by atoms with Crippen LogP contribution in [0.5, 0.6) is 11.5 Å². The van der Waals surface area contributed by atoms with Crippen molar-refractivity contribution in [2.75, 3.05) is 13.1 Å². The van der Waals surface area contributed by atoms with Gasteiger partial charge >= 0.3 is 0 Å². The number of ether oxygens (including phenoxy) is 1. The minimum absolute atomic E-state index is 0.160. The van der Waals surface area contributed by atoms with Gasteiger partial charge in [-0.05, 0) is 30.3 Å². The van der Waals surface area contributed by atoms with Gasteiger partial charge in [-0.15, -0.1) is 0 Å². The molecule has 2 N–H and O–H groups in total. The maximum Gasteiger partial charge on any atom is 0.231 e. The Bertz CT molecular complexity index is 897. The maximum atomic E-state index is 12.8. The van der Waals surface area contributed by atoms with E-state index >= 15 is 0 Å². The van der Waals surface area contributed by atoms with Gasteiger partial charge in [-0.1, -0.05) is 29.3 Å². The predicted octanol–water partition coefficient (Wildman–Crippen LogP) is 3.49. The first-order chi connectivity index (χ1) is 12.5. The van der Waals surface area contributed by atoms with Gasteiger partial charge in [-0.2, -0.15) is 0 Å². The molecular formula is C20H18Cl2NO3+. The van der Waals surface area contributed by atoms with Crippen LogP contribution in [0.4, 0.5) is 0 Å². The summed E-state index contributed by atoms with van der Waals surface area (Å²) in [5.74, 6) is 0.545. The number of Topliss-reactive ketones (excluding diaryl/α,β-unsaturated/α-hetero) is 1. The molecule has 2 aliphatic rings. The van der Waals surface area contributed by atoms with Gasteiger partial charge in [0, 0.05) is 28.5 Å². The minimum Gasteiger partial charge on any atom is -0.507 e. The number of fused-ring (bicyclic) bond motifs is 1. The molecule has 6 heteroatoms. The summed E-state index contributed by atoms with van der Waals surface area (Å²) in [6, 6.07) is 8.33. The number of carbonyl (C=O) groups is 1. The van der Waals surface area contributed by atoms with Crippen LogP contribution in [0.3, 0.4) is 0 Å². The second-order valence-corrected chi connectivity index (χ2v) is 7.46. The highest BCUT2D eigenvalue weighted by Gasteiger charge is 2.33. The zero-order chi connectivity index (χ0) is 18.3. The lowest BCUT2D eigenvalue weighted by molar-refractivity contribution is -0.901. The van der Waals surface area contributed by atoms with Crippen molar-refractivity contribution < 1.29 is 19.5 Å². The summed E-state index contributed by atoms with van der Waals surface area (Å²) in [5, 5.41) is 11.2. The number of nitrogens with one attached hydrogen (secondary N) is 1. The summed E-state index contributed by atoms with van der Waals surface area (Å²) in [6.07, 6.45) is 3.93. The van der Waals surface area contributed by atoms with Gasteiger partial charge in [0.2, 0.25) is 5.78 Å². The lowest BCUT2D eigenvalue weighted by atomic mass is 10.0. The number of hydrogen-bond donors (Lipinski definition) is 2. The number of phenols is 1. The largest absolute Gasteiger partial charge is 0.507 e. The molecule has 2 aromatic rings. The second kappa shape index (κ2) is 6.95. The number of halogens is 2. The van der Waals surface area contributed by atoms with E-state index < -0.39 is 0 Å². The summed E-state index contributed by atoms with van der Waals surface area (Å²) in [5.41, 5.74) is 1.69. The smallest absolute Gasteiger partial charge is 0.231 e. The quantitative estimate of drug-likeness (QED) is 0.788. The second-order valence-electron chi connectivity index (χ2n) is 6.65. The Balaban J connectivity index is 1.72. The van der Waals surface area contributed by atoms with E-state index in [-0.39, 0.29) is 17.3 Å². The number of allylic oxidation sites excluding steroid dienone is 1. The van der Waals surface area contributed by atoms with Crippen LogP contribution in [0.2, 0.25) is 10.0 Å². The van der Waals surface area contributed by atoms with Gasteiger partial charge in [-0.3, -0.25) is 4.79 Å². The van der Waals surface area contributed by atoms with Crippen molar-refractivity contribution in [3.05, 3.63) is 62.8 Å². The zero-order valence-corrected chi connectivity index (χ0v) is 15.5. The molecule has 0 bridgehead atoms. The lowest BCUT2D eigenvalue weighted by Crippen LogP contribution is -3.08. The van der Waals surface area contributed by atoms with E-state index in [0.717, 1.165) is 13.1 Å². The van der Waals surface area contributed by atoms with Crippen LogP contribution in [-0.4, -0.2) is 24.0 Å². The Morgan fingerprint density at radius 1 is 1.12 bits per heavy atom. The Morgan fingerprint density at radius 3 is 2.50 bits per heavy atom. The number of carbonyl (C=O) groups excluding carboxylic acids is 1. The molecule has 26 heavy (non-hydrogen) atoms. The van der Waals surface area contributed by atoms with Gasteiger partial charge < -0.3 is 14.7 Å². The summed E-state index contributed by atoms with van der Waals surface area (Å²) < 4.78 is 5.88. The van der Waals surface area contributed by atoms with Crippen molar-refractivity contribution in [3.63, 3.8) is 0 Å². The van der Waals surface area contributed by atoms with E-state index in [1.807, 2.05) is 0 Å². The van der Waals surface area contributed by atoms with Gasteiger partial charge in [0.1, 0.15) is 12.3 Å². The highest BCUT2D eigenvalue weighted by atomic mass is 35.5. The van der Waals surface area contributed by atoms with E-state index in [2.05, 4.69) is 0 Å². The van der Waals surface area contributed by atoms with E-state index in [1.165, 1.54) is 17.7 Å². The van der Waals surface area contributed by atoms with Gasteiger partial charge in [0.25, 0.3) is 0 Å². The number of likely N-dealkylation sites (tertiary alicyclic amines) is 1. The highest BCUT2D eigenvalue weighted by Crippen LogP contribution is 2.40. The topological polar surface area (TPSA) is 51.0 Å². The molecule has 0 atom stereocenters. The standard InChI is InChI=1S/C20H17Cl2NO3/c21-15-4-3-5-16(22)13(15)10-18-19(25)12-6-7-17(24)14(20(12)26-18)11-23-8-1-2-9-23/h3-7,10,24H,1-2,8-9,11H2/p+1/b18-10-. The fourth-order valence-electron chi connectivity index (χ4n) is 3.55. The van der Waals surface area contributed by atoms with Gasteiger partial charge in [0.15, 0.2) is 11.5 Å². The van der Waals surface area contributed by atoms with Crippen molar-refractivity contribution in [1.82, 2.24) is 0 Å². The van der Waals surface area contributed by atoms with Crippen LogP contribution >= 0.6 is 23.2 Å². The van der Waals surface area contributed by atoms with Crippen molar-refractivity contribution in [1.29, 1.82) is 0 Å². The number of aromatic hydroxyl groups is 1. The van der Waals surface area contributed by atoms with Crippen molar-refractivity contribution in [2.24, 2.45) is 0 Å². The fourth-order valence-corrected chi connectivity index (χ4v) is 4.06. The molecule has 0 amide bonds. The Kier molecular flexibility index (Phi) is 4.65. The van der Waals surface area contributed by atoms with Crippen LogP contribution in [0.1, 0.15) is 34.3 Å². The van der Waals surface area contributed by atoms with Crippen molar-refractivity contribution >= 4 is 35.1 Å². The average Bonchev–Trinajstić information content (AvgIpc) is 3.23. The molecule has 2 aromatic carbocycles. The molecule has 1 fully saturated rings. The van der Waals surface area contributed by atoms with Gasteiger partial charge in [-0.25, -0.2) is 0 Å². The highest BCUT2D eigenvalue weighted by molar-refractivity contribution is 6.37. The lowest BCUT2D eigenvalue weighted by Gasteiger charge is -2.15. The third-order valence-corrected chi connectivity index (χ3v) is 5.59. The normalized spacial score (nSPS) is 18.4. The third-order valence-electron chi connectivity index (χ3n) is 4.93. The van der Waals surface area contributed by atoms with Crippen LogP contribution in [0.15, 0.2) is 36.1 Å². The van der Waals surface area contributed by atoms with Crippen molar-refractivity contribution in [2.45, 2.75) is 19.4 Å². The Morgan fingerprint density at radius 2 is 1.81 bits per heavy atom. The molecule has 4 rings (SSSR count). The first kappa shape index (κ1) is 17.4. The number of quaternary nitrogens is 1. The molecule has 0 aliphatic carbocycles. The molecule has 134 valence electrons. The Hall–Kier alpha value is -2.01. The van der Waals surface area contributed by atoms with Crippen LogP contribution < -0.4 is 9.64 Å². The number of phenolic OH excluding ortho intramolecular Hbond substituents is 1. The minimum atomic E-state index is -0.228. The maximum absolute atomic E-state index is 12.8. The number of hydrogen-bond acceptors (Lipinski definition) is 3. The summed E-state index contributed by atoms with van der Waals surface area (Å²) in [7, 11) is 0. The molecule has 0 spiro atoms. The third kappa shape index (κ3) is 3.09. The molecule has 0 aromatic heterocycles. The zero-order valence-electron chi connectivity index (χ0n) is 14.0. The molecule has 0 saturated carbocycles. The monoisotopic (exact) mass is 390 g/mol. The van der Waals surface area contributed by atoms with Crippen LogP contribution in [0, 0.1) is 0 Å². The summed E-state index contributed by atoms with van der Waals surface area (Å²) >= 11 is 12.4. The van der Waals surface area contributed by atoms with Crippen LogP contribution in [-0.2, 0) is 6.54 Å². The van der Waals surface area contributed by atoms with Gasteiger partial charge in [0.05, 0.1) is 24.2 Å². The predicted molar refractivity (Wildman–Crippen MR) is 101 cm³/mol. The first-order valence-electron chi connectivity index (χ1n) is 8.61. The molecule has 0 unspecified atom stereocenters. The molecule has 0 radical (unpaired) electrons. The van der Waals surface area contributed by atoms with E-state index in [1.54, 1.807) is 36.4 Å².